The molecule has 0 radical (unpaired) electrons. The third-order valence-electron chi connectivity index (χ3n) is 6.13. The Kier molecular flexibility index (Phi) is 6.43. The lowest BCUT2D eigenvalue weighted by molar-refractivity contribution is 0.0214. The van der Waals surface area contributed by atoms with Crippen molar-refractivity contribution in [3.63, 3.8) is 0 Å². The maximum Gasteiger partial charge on any atom is 0.253 e. The molecule has 0 saturated carbocycles. The zero-order valence-corrected chi connectivity index (χ0v) is 19.4. The van der Waals surface area contributed by atoms with Crippen molar-refractivity contribution in [2.75, 3.05) is 40.5 Å². The van der Waals surface area contributed by atoms with Crippen LogP contribution >= 0.6 is 0 Å². The SMILES string of the molecule is COc1cc2cc([C@@H](c3nnnn3Cc3ccc(F)cc3)N3CCOCC3)c(=O)[nH]c2cc1OC. The standard InChI is InChI=1S/C24H25FN6O4/c1-33-20-12-16-11-18(24(32)26-19(16)13-21(20)34-2)22(30-7-9-35-10-8-30)23-27-28-29-31(23)14-15-3-5-17(25)6-4-15/h3-6,11-13,22H,7-10,14H2,1-2H3,(H,26,32)/t22-/m0/s1. The average molecular weight is 481 g/mol. The van der Waals surface area contributed by atoms with Crippen molar-refractivity contribution in [2.45, 2.75) is 12.6 Å². The normalized spacial score (nSPS) is 15.3. The van der Waals surface area contributed by atoms with Crippen LogP contribution in [0.15, 0.2) is 47.3 Å². The Morgan fingerprint density at radius 3 is 2.51 bits per heavy atom. The molecule has 182 valence electrons. The van der Waals surface area contributed by atoms with Gasteiger partial charge in [0.05, 0.1) is 39.5 Å². The van der Waals surface area contributed by atoms with Gasteiger partial charge in [-0.2, -0.15) is 0 Å². The number of rotatable bonds is 7. The molecule has 1 fully saturated rings. The summed E-state index contributed by atoms with van der Waals surface area (Å²) >= 11 is 0. The highest BCUT2D eigenvalue weighted by molar-refractivity contribution is 5.83. The minimum Gasteiger partial charge on any atom is -0.493 e. The molecule has 1 N–H and O–H groups in total. The Morgan fingerprint density at radius 1 is 1.09 bits per heavy atom. The average Bonchev–Trinajstić information content (AvgIpc) is 3.33. The molecular formula is C24H25FN6O4. The first-order valence-corrected chi connectivity index (χ1v) is 11.2. The van der Waals surface area contributed by atoms with Gasteiger partial charge in [-0.05, 0) is 40.3 Å². The molecule has 0 spiro atoms. The molecule has 0 aliphatic carbocycles. The molecule has 0 bridgehead atoms. The number of halogens is 1. The second-order valence-electron chi connectivity index (χ2n) is 8.22. The summed E-state index contributed by atoms with van der Waals surface area (Å²) < 4.78 is 31.4. The van der Waals surface area contributed by atoms with Crippen molar-refractivity contribution >= 4 is 10.9 Å². The number of benzene rings is 2. The first kappa shape index (κ1) is 22.9. The van der Waals surface area contributed by atoms with Gasteiger partial charge in [-0.1, -0.05) is 12.1 Å². The predicted octanol–water partition coefficient (Wildman–Crippen LogP) is 2.14. The Hall–Kier alpha value is -3.83. The van der Waals surface area contributed by atoms with Crippen LogP contribution in [0, 0.1) is 5.82 Å². The number of methoxy groups -OCH3 is 2. The van der Waals surface area contributed by atoms with E-state index in [1.807, 2.05) is 12.1 Å². The largest absolute Gasteiger partial charge is 0.493 e. The summed E-state index contributed by atoms with van der Waals surface area (Å²) in [6, 6.07) is 11.1. The smallest absolute Gasteiger partial charge is 0.253 e. The van der Waals surface area contributed by atoms with Crippen LogP contribution in [0.4, 0.5) is 4.39 Å². The number of nitrogens with one attached hydrogen (secondary N) is 1. The van der Waals surface area contributed by atoms with E-state index >= 15 is 0 Å². The summed E-state index contributed by atoms with van der Waals surface area (Å²) in [5, 5.41) is 13.2. The fourth-order valence-corrected chi connectivity index (χ4v) is 4.37. The summed E-state index contributed by atoms with van der Waals surface area (Å²) in [6.07, 6.45) is 0. The molecule has 1 atom stereocenters. The van der Waals surface area contributed by atoms with Crippen molar-refractivity contribution in [3.8, 4) is 11.5 Å². The van der Waals surface area contributed by atoms with Crippen molar-refractivity contribution < 1.29 is 18.6 Å². The Morgan fingerprint density at radius 2 is 1.80 bits per heavy atom. The van der Waals surface area contributed by atoms with Gasteiger partial charge in [0, 0.05) is 30.1 Å². The minimum absolute atomic E-state index is 0.252. The predicted molar refractivity (Wildman–Crippen MR) is 125 cm³/mol. The zero-order valence-electron chi connectivity index (χ0n) is 19.4. The highest BCUT2D eigenvalue weighted by Crippen LogP contribution is 2.33. The fourth-order valence-electron chi connectivity index (χ4n) is 4.37. The van der Waals surface area contributed by atoms with Gasteiger partial charge in [-0.25, -0.2) is 9.07 Å². The highest BCUT2D eigenvalue weighted by atomic mass is 19.1. The summed E-state index contributed by atoms with van der Waals surface area (Å²) in [7, 11) is 3.11. The molecule has 1 aliphatic rings. The molecule has 5 rings (SSSR count). The number of morpholine rings is 1. The molecule has 0 unspecified atom stereocenters. The quantitative estimate of drug-likeness (QED) is 0.429. The van der Waals surface area contributed by atoms with E-state index in [9.17, 15) is 9.18 Å². The number of nitrogens with zero attached hydrogens (tertiary/aromatic N) is 5. The number of tetrazole rings is 1. The van der Waals surface area contributed by atoms with Gasteiger partial charge in [-0.3, -0.25) is 9.69 Å². The van der Waals surface area contributed by atoms with E-state index in [-0.39, 0.29) is 11.4 Å². The number of aromatic amines is 1. The molecule has 1 aliphatic heterocycles. The van der Waals surface area contributed by atoms with Crippen LogP contribution in [0.2, 0.25) is 0 Å². The van der Waals surface area contributed by atoms with Crippen molar-refractivity contribution in [3.05, 3.63) is 75.6 Å². The monoisotopic (exact) mass is 480 g/mol. The second-order valence-corrected chi connectivity index (χ2v) is 8.22. The van der Waals surface area contributed by atoms with E-state index < -0.39 is 6.04 Å². The van der Waals surface area contributed by atoms with Crippen LogP contribution < -0.4 is 15.0 Å². The maximum atomic E-state index is 13.4. The van der Waals surface area contributed by atoms with Crippen LogP contribution in [-0.2, 0) is 11.3 Å². The minimum atomic E-state index is -0.518. The van der Waals surface area contributed by atoms with E-state index in [0.29, 0.717) is 61.3 Å². The van der Waals surface area contributed by atoms with E-state index in [2.05, 4.69) is 25.4 Å². The Balaban J connectivity index is 1.62. The van der Waals surface area contributed by atoms with Gasteiger partial charge in [0.2, 0.25) is 0 Å². The molecule has 2 aromatic heterocycles. The molecule has 1 saturated heterocycles. The topological polar surface area (TPSA) is 107 Å². The van der Waals surface area contributed by atoms with Crippen molar-refractivity contribution in [2.24, 2.45) is 0 Å². The second kappa shape index (κ2) is 9.80. The van der Waals surface area contributed by atoms with Gasteiger partial charge in [0.25, 0.3) is 5.56 Å². The molecule has 2 aromatic carbocycles. The number of hydrogen-bond acceptors (Lipinski definition) is 8. The van der Waals surface area contributed by atoms with Crippen molar-refractivity contribution in [1.82, 2.24) is 30.1 Å². The van der Waals surface area contributed by atoms with Gasteiger partial charge in [-0.15, -0.1) is 5.10 Å². The first-order valence-electron chi connectivity index (χ1n) is 11.2. The lowest BCUT2D eigenvalue weighted by Gasteiger charge is -2.33. The Labute approximate surface area is 200 Å². The summed E-state index contributed by atoms with van der Waals surface area (Å²) in [6.45, 7) is 2.62. The van der Waals surface area contributed by atoms with Gasteiger partial charge >= 0.3 is 0 Å². The van der Waals surface area contributed by atoms with Gasteiger partial charge in [0.1, 0.15) is 11.9 Å². The lowest BCUT2D eigenvalue weighted by Crippen LogP contribution is -2.42. The third kappa shape index (κ3) is 4.60. The van der Waals surface area contributed by atoms with Crippen LogP contribution in [0.1, 0.15) is 23.0 Å². The summed E-state index contributed by atoms with van der Waals surface area (Å²) in [4.78, 5) is 18.5. The number of aromatic nitrogens is 5. The fraction of sp³-hybridized carbons (Fsp3) is 0.333. The number of ether oxygens (including phenoxy) is 3. The van der Waals surface area contributed by atoms with Crippen LogP contribution in [-0.4, -0.2) is 70.6 Å². The van der Waals surface area contributed by atoms with E-state index in [1.165, 1.54) is 12.1 Å². The van der Waals surface area contributed by atoms with E-state index in [1.54, 1.807) is 37.1 Å². The molecule has 35 heavy (non-hydrogen) atoms. The molecular weight excluding hydrogens is 455 g/mol. The molecule has 11 heteroatoms. The number of pyridine rings is 1. The molecule has 0 amide bonds. The Bertz CT molecular complexity index is 1380. The summed E-state index contributed by atoms with van der Waals surface area (Å²) in [5.74, 6) is 1.28. The zero-order chi connectivity index (χ0) is 24.4. The van der Waals surface area contributed by atoms with Crippen LogP contribution in [0.25, 0.3) is 10.9 Å². The number of fused-ring (bicyclic) bond motifs is 1. The first-order chi connectivity index (χ1) is 17.1. The van der Waals surface area contributed by atoms with Crippen LogP contribution in [0.5, 0.6) is 11.5 Å². The number of hydrogen-bond donors (Lipinski definition) is 1. The third-order valence-corrected chi connectivity index (χ3v) is 6.13. The number of H-pyrrole nitrogens is 1. The molecule has 3 heterocycles. The highest BCUT2D eigenvalue weighted by Gasteiger charge is 2.31. The van der Waals surface area contributed by atoms with Gasteiger partial charge in [0.15, 0.2) is 17.3 Å². The van der Waals surface area contributed by atoms with Gasteiger partial charge < -0.3 is 19.2 Å². The molecule has 4 aromatic rings. The van der Waals surface area contributed by atoms with Crippen LogP contribution in [0.3, 0.4) is 0 Å². The summed E-state index contributed by atoms with van der Waals surface area (Å²) in [5.41, 5.74) is 1.72. The van der Waals surface area contributed by atoms with E-state index in [0.717, 1.165) is 10.9 Å². The molecule has 10 nitrogen and oxygen atoms in total. The lowest BCUT2D eigenvalue weighted by atomic mass is 10.0. The maximum absolute atomic E-state index is 13.4. The van der Waals surface area contributed by atoms with E-state index in [4.69, 9.17) is 14.2 Å². The van der Waals surface area contributed by atoms with Crippen molar-refractivity contribution in [1.29, 1.82) is 0 Å².